The summed E-state index contributed by atoms with van der Waals surface area (Å²) in [5.74, 6) is -1.70. The van der Waals surface area contributed by atoms with Gasteiger partial charge in [-0.1, -0.05) is 11.6 Å². The van der Waals surface area contributed by atoms with E-state index in [1.54, 1.807) is 6.07 Å². The fourth-order valence-corrected chi connectivity index (χ4v) is 2.54. The highest BCUT2D eigenvalue weighted by atomic mass is 35.5. The van der Waals surface area contributed by atoms with E-state index in [0.717, 1.165) is 30.4 Å². The van der Waals surface area contributed by atoms with E-state index in [2.05, 4.69) is 0 Å². The van der Waals surface area contributed by atoms with Crippen molar-refractivity contribution in [2.45, 2.75) is 31.8 Å². The van der Waals surface area contributed by atoms with Crippen LogP contribution in [-0.4, -0.2) is 21.3 Å². The maximum absolute atomic E-state index is 10.8. The van der Waals surface area contributed by atoms with Crippen LogP contribution >= 0.6 is 11.6 Å². The van der Waals surface area contributed by atoms with E-state index < -0.39 is 12.1 Å². The second kappa shape index (κ2) is 4.55. The Morgan fingerprint density at radius 2 is 2.00 bits per heavy atom. The largest absolute Gasteiger partial charge is 0.506 e. The quantitative estimate of drug-likeness (QED) is 0.757. The van der Waals surface area contributed by atoms with Gasteiger partial charge in [0.2, 0.25) is 0 Å². The number of aromatic hydroxyl groups is 1. The molecule has 4 nitrogen and oxygen atoms in total. The Kier molecular flexibility index (Phi) is 3.26. The van der Waals surface area contributed by atoms with Crippen molar-refractivity contribution < 1.29 is 20.1 Å². The van der Waals surface area contributed by atoms with Gasteiger partial charge in [0.05, 0.1) is 5.02 Å². The smallest absolute Gasteiger partial charge is 0.337 e. The number of aliphatic hydroxyl groups is 1. The molecule has 1 unspecified atom stereocenters. The van der Waals surface area contributed by atoms with Gasteiger partial charge in [-0.05, 0) is 42.9 Å². The van der Waals surface area contributed by atoms with Gasteiger partial charge in [-0.15, -0.1) is 0 Å². The molecular weight excluding hydrogens is 244 g/mol. The zero-order valence-corrected chi connectivity index (χ0v) is 9.87. The van der Waals surface area contributed by atoms with Gasteiger partial charge in [-0.3, -0.25) is 0 Å². The van der Waals surface area contributed by atoms with Gasteiger partial charge in [0, 0.05) is 5.56 Å². The summed E-state index contributed by atoms with van der Waals surface area (Å²) in [7, 11) is 0. The monoisotopic (exact) mass is 256 g/mol. The van der Waals surface area contributed by atoms with E-state index in [-0.39, 0.29) is 16.3 Å². The van der Waals surface area contributed by atoms with Crippen LogP contribution in [0.1, 0.15) is 35.6 Å². The number of aryl methyl sites for hydroxylation is 1. The number of phenols is 1. The first-order valence-electron chi connectivity index (χ1n) is 5.46. The van der Waals surface area contributed by atoms with E-state index in [0.29, 0.717) is 6.42 Å². The van der Waals surface area contributed by atoms with Gasteiger partial charge >= 0.3 is 5.97 Å². The van der Waals surface area contributed by atoms with E-state index in [1.807, 2.05) is 0 Å². The molecule has 1 aromatic rings. The Morgan fingerprint density at radius 3 is 2.65 bits per heavy atom. The summed E-state index contributed by atoms with van der Waals surface area (Å²) in [5, 5.41) is 28.4. The Labute approximate surface area is 103 Å². The van der Waals surface area contributed by atoms with Crippen molar-refractivity contribution in [2.75, 3.05) is 0 Å². The molecule has 0 heterocycles. The summed E-state index contributed by atoms with van der Waals surface area (Å²) >= 11 is 5.85. The van der Waals surface area contributed by atoms with E-state index in [9.17, 15) is 15.0 Å². The van der Waals surface area contributed by atoms with Crippen LogP contribution in [0.15, 0.2) is 6.07 Å². The highest BCUT2D eigenvalue weighted by molar-refractivity contribution is 6.32. The molecule has 0 spiro atoms. The summed E-state index contributed by atoms with van der Waals surface area (Å²) in [5.41, 5.74) is 1.71. The minimum Gasteiger partial charge on any atom is -0.506 e. The lowest BCUT2D eigenvalue weighted by molar-refractivity contribution is -0.147. The molecule has 0 aromatic heterocycles. The Balaban J connectivity index is 2.62. The number of hydrogen-bond acceptors (Lipinski definition) is 3. The first-order chi connectivity index (χ1) is 8.02. The Hall–Kier alpha value is -1.26. The van der Waals surface area contributed by atoms with Crippen LogP contribution in [0.5, 0.6) is 5.75 Å². The third kappa shape index (κ3) is 2.10. The number of carbonyl (C=O) groups is 1. The number of benzene rings is 1. The van der Waals surface area contributed by atoms with E-state index in [1.165, 1.54) is 0 Å². The fourth-order valence-electron chi connectivity index (χ4n) is 2.31. The molecule has 2 rings (SSSR count). The Morgan fingerprint density at radius 1 is 1.35 bits per heavy atom. The molecule has 0 amide bonds. The number of hydrogen-bond donors (Lipinski definition) is 3. The van der Waals surface area contributed by atoms with Crippen LogP contribution in [0, 0.1) is 0 Å². The van der Waals surface area contributed by atoms with Gasteiger partial charge in [0.15, 0.2) is 6.10 Å². The number of aliphatic hydroxyl groups excluding tert-OH is 1. The lowest BCUT2D eigenvalue weighted by Gasteiger charge is -2.22. The third-order valence-corrected chi connectivity index (χ3v) is 3.41. The zero-order chi connectivity index (χ0) is 12.6. The SMILES string of the molecule is O=C(O)C(O)c1c(O)c(Cl)cc2c1CCCC2. The molecule has 5 heteroatoms. The van der Waals surface area contributed by atoms with Crippen LogP contribution in [-0.2, 0) is 17.6 Å². The molecule has 1 aliphatic rings. The lowest BCUT2D eigenvalue weighted by Crippen LogP contribution is -2.16. The summed E-state index contributed by atoms with van der Waals surface area (Å²) in [6.45, 7) is 0. The number of aliphatic carboxylic acids is 1. The maximum atomic E-state index is 10.8. The molecule has 92 valence electrons. The molecule has 0 radical (unpaired) electrons. The lowest BCUT2D eigenvalue weighted by atomic mass is 9.86. The molecule has 0 saturated carbocycles. The molecule has 0 fully saturated rings. The molecule has 1 aromatic carbocycles. The first kappa shape index (κ1) is 12.2. The van der Waals surface area contributed by atoms with Crippen molar-refractivity contribution in [3.8, 4) is 5.75 Å². The second-order valence-corrected chi connectivity index (χ2v) is 4.61. The highest BCUT2D eigenvalue weighted by Crippen LogP contribution is 2.39. The molecule has 0 bridgehead atoms. The van der Waals surface area contributed by atoms with Gasteiger partial charge < -0.3 is 15.3 Å². The third-order valence-electron chi connectivity index (χ3n) is 3.13. The van der Waals surface area contributed by atoms with Gasteiger partial charge in [0.25, 0.3) is 0 Å². The van der Waals surface area contributed by atoms with Crippen molar-refractivity contribution in [2.24, 2.45) is 0 Å². The summed E-state index contributed by atoms with van der Waals surface area (Å²) < 4.78 is 0. The topological polar surface area (TPSA) is 77.8 Å². The predicted molar refractivity (Wildman–Crippen MR) is 62.4 cm³/mol. The van der Waals surface area contributed by atoms with Gasteiger partial charge in [0.1, 0.15) is 5.75 Å². The van der Waals surface area contributed by atoms with E-state index in [4.69, 9.17) is 16.7 Å². The molecule has 1 aliphatic carbocycles. The van der Waals surface area contributed by atoms with Crippen LogP contribution in [0.4, 0.5) is 0 Å². The molecule has 0 aliphatic heterocycles. The van der Waals surface area contributed by atoms with Crippen molar-refractivity contribution in [3.63, 3.8) is 0 Å². The van der Waals surface area contributed by atoms with Crippen molar-refractivity contribution >= 4 is 17.6 Å². The summed E-state index contributed by atoms with van der Waals surface area (Å²) in [6.07, 6.45) is 1.68. The summed E-state index contributed by atoms with van der Waals surface area (Å²) in [4.78, 5) is 10.8. The second-order valence-electron chi connectivity index (χ2n) is 4.21. The molecular formula is C12H13ClO4. The minimum atomic E-state index is -1.72. The molecule has 1 atom stereocenters. The van der Waals surface area contributed by atoms with Crippen molar-refractivity contribution in [1.82, 2.24) is 0 Å². The van der Waals surface area contributed by atoms with Crippen LogP contribution in [0.2, 0.25) is 5.02 Å². The van der Waals surface area contributed by atoms with E-state index >= 15 is 0 Å². The van der Waals surface area contributed by atoms with Gasteiger partial charge in [-0.2, -0.15) is 0 Å². The highest BCUT2D eigenvalue weighted by Gasteiger charge is 2.28. The first-order valence-corrected chi connectivity index (χ1v) is 5.84. The number of carboxylic acids is 1. The average molecular weight is 257 g/mol. The zero-order valence-electron chi connectivity index (χ0n) is 9.11. The summed E-state index contributed by atoms with van der Waals surface area (Å²) in [6, 6.07) is 1.66. The van der Waals surface area contributed by atoms with Crippen molar-refractivity contribution in [1.29, 1.82) is 0 Å². The fraction of sp³-hybridized carbons (Fsp3) is 0.417. The average Bonchev–Trinajstić information content (AvgIpc) is 2.30. The number of phenolic OH excluding ortho intramolecular Hbond substituents is 1. The van der Waals surface area contributed by atoms with Crippen molar-refractivity contribution in [3.05, 3.63) is 27.8 Å². The standard InChI is InChI=1S/C12H13ClO4/c13-8-5-6-3-1-2-4-7(6)9(10(8)14)11(15)12(16)17/h5,11,14-15H,1-4H2,(H,16,17). The predicted octanol–water partition coefficient (Wildman–Crippen LogP) is 2.04. The molecule has 3 N–H and O–H groups in total. The van der Waals surface area contributed by atoms with Crippen LogP contribution in [0.25, 0.3) is 0 Å². The van der Waals surface area contributed by atoms with Gasteiger partial charge in [-0.25, -0.2) is 4.79 Å². The molecule has 0 saturated heterocycles. The number of carboxylic acid groups (broad SMARTS) is 1. The van der Waals surface area contributed by atoms with Crippen LogP contribution < -0.4 is 0 Å². The maximum Gasteiger partial charge on any atom is 0.337 e. The number of rotatable bonds is 2. The number of halogens is 1. The minimum absolute atomic E-state index is 0.0553. The number of fused-ring (bicyclic) bond motifs is 1. The molecule has 17 heavy (non-hydrogen) atoms. The Bertz CT molecular complexity index is 470. The van der Waals surface area contributed by atoms with Crippen LogP contribution in [0.3, 0.4) is 0 Å². The normalized spacial score (nSPS) is 16.4.